The molecule has 0 unspecified atom stereocenters. The first-order valence-corrected chi connectivity index (χ1v) is 9.00. The normalized spacial score (nSPS) is 42.3. The van der Waals surface area contributed by atoms with Gasteiger partial charge in [-0.05, 0) is 69.1 Å². The zero-order valence-electron chi connectivity index (χ0n) is 13.3. The summed E-state index contributed by atoms with van der Waals surface area (Å²) in [4.78, 5) is 15.2. The molecule has 4 nitrogen and oxygen atoms in total. The van der Waals surface area contributed by atoms with E-state index in [1.54, 1.807) is 0 Å². The zero-order valence-corrected chi connectivity index (χ0v) is 13.3. The molecule has 120 valence electrons. The number of ether oxygens (including phenoxy) is 1. The maximum atomic E-state index is 13.1. The highest BCUT2D eigenvalue weighted by atomic mass is 16.5. The van der Waals surface area contributed by atoms with E-state index in [0.29, 0.717) is 19.6 Å². The molecular formula is C18H26N2O2. The SMILES string of the molecule is N#CCCN(C(=O)[C@@H]1CCCO1)C12CC3CC(CC(C3)C1)C2. The molecule has 0 aromatic heterocycles. The Morgan fingerprint density at radius 3 is 2.32 bits per heavy atom. The first kappa shape index (κ1) is 14.5. The molecule has 4 bridgehead atoms. The second-order valence-corrected chi connectivity index (χ2v) is 8.04. The van der Waals surface area contributed by atoms with Gasteiger partial charge in [0.1, 0.15) is 6.10 Å². The summed E-state index contributed by atoms with van der Waals surface area (Å²) in [6.45, 7) is 1.31. The number of carbonyl (C=O) groups is 1. The van der Waals surface area contributed by atoms with Gasteiger partial charge in [-0.25, -0.2) is 0 Å². The molecule has 5 aliphatic rings. The minimum atomic E-state index is -0.244. The fraction of sp³-hybridized carbons (Fsp3) is 0.889. The number of hydrogen-bond donors (Lipinski definition) is 0. The molecule has 4 aliphatic carbocycles. The van der Waals surface area contributed by atoms with Gasteiger partial charge in [0.15, 0.2) is 0 Å². The number of nitriles is 1. The Hall–Kier alpha value is -1.08. The van der Waals surface area contributed by atoms with E-state index in [1.165, 1.54) is 38.5 Å². The van der Waals surface area contributed by atoms with Crippen molar-refractivity contribution in [2.24, 2.45) is 17.8 Å². The minimum absolute atomic E-state index is 0.0502. The summed E-state index contributed by atoms with van der Waals surface area (Å²) in [6.07, 6.45) is 9.68. The largest absolute Gasteiger partial charge is 0.368 e. The van der Waals surface area contributed by atoms with Crippen LogP contribution in [0, 0.1) is 29.1 Å². The smallest absolute Gasteiger partial charge is 0.252 e. The van der Waals surface area contributed by atoms with Gasteiger partial charge < -0.3 is 9.64 Å². The van der Waals surface area contributed by atoms with Gasteiger partial charge in [0.2, 0.25) is 0 Å². The van der Waals surface area contributed by atoms with Gasteiger partial charge in [0.05, 0.1) is 12.5 Å². The molecule has 0 aromatic rings. The average Bonchev–Trinajstić information content (AvgIpc) is 3.00. The van der Waals surface area contributed by atoms with Crippen molar-refractivity contribution in [3.63, 3.8) is 0 Å². The summed E-state index contributed by atoms with van der Waals surface area (Å²) in [6, 6.07) is 2.24. The summed E-state index contributed by atoms with van der Waals surface area (Å²) in [5.41, 5.74) is 0.0502. The molecule has 1 heterocycles. The predicted octanol–water partition coefficient (Wildman–Crippen LogP) is 2.88. The number of amides is 1. The van der Waals surface area contributed by atoms with Crippen LogP contribution in [0.15, 0.2) is 0 Å². The van der Waals surface area contributed by atoms with Crippen LogP contribution in [-0.4, -0.2) is 35.6 Å². The van der Waals surface area contributed by atoms with Crippen molar-refractivity contribution in [3.05, 3.63) is 0 Å². The molecule has 0 radical (unpaired) electrons. The molecule has 1 aliphatic heterocycles. The molecule has 0 aromatic carbocycles. The first-order chi connectivity index (χ1) is 10.7. The number of hydrogen-bond acceptors (Lipinski definition) is 3. The van der Waals surface area contributed by atoms with Crippen molar-refractivity contribution in [2.75, 3.05) is 13.2 Å². The Bertz CT molecular complexity index is 455. The lowest BCUT2D eigenvalue weighted by Crippen LogP contribution is -2.63. The van der Waals surface area contributed by atoms with Crippen LogP contribution in [0.2, 0.25) is 0 Å². The predicted molar refractivity (Wildman–Crippen MR) is 81.8 cm³/mol. The van der Waals surface area contributed by atoms with Crippen LogP contribution in [0.1, 0.15) is 57.8 Å². The van der Waals surface area contributed by atoms with E-state index in [0.717, 1.165) is 30.6 Å². The van der Waals surface area contributed by atoms with Crippen molar-refractivity contribution in [2.45, 2.75) is 69.4 Å². The summed E-state index contributed by atoms with van der Waals surface area (Å²) >= 11 is 0. The van der Waals surface area contributed by atoms with Gasteiger partial charge in [-0.2, -0.15) is 5.26 Å². The van der Waals surface area contributed by atoms with Gasteiger partial charge in [0.25, 0.3) is 5.91 Å². The minimum Gasteiger partial charge on any atom is -0.368 e. The Morgan fingerprint density at radius 2 is 1.82 bits per heavy atom. The van der Waals surface area contributed by atoms with Crippen molar-refractivity contribution in [1.82, 2.24) is 4.90 Å². The molecule has 1 amide bonds. The van der Waals surface area contributed by atoms with Gasteiger partial charge in [-0.1, -0.05) is 0 Å². The highest BCUT2D eigenvalue weighted by Gasteiger charge is 2.55. The molecular weight excluding hydrogens is 276 g/mol. The van der Waals surface area contributed by atoms with Crippen LogP contribution in [0.5, 0.6) is 0 Å². The van der Waals surface area contributed by atoms with E-state index in [2.05, 4.69) is 11.0 Å². The van der Waals surface area contributed by atoms with Gasteiger partial charge in [-0.3, -0.25) is 4.79 Å². The Kier molecular flexibility index (Phi) is 3.64. The maximum Gasteiger partial charge on any atom is 0.252 e. The van der Waals surface area contributed by atoms with Crippen molar-refractivity contribution in [3.8, 4) is 6.07 Å². The second kappa shape index (κ2) is 5.53. The molecule has 4 heteroatoms. The number of nitrogens with zero attached hydrogens (tertiary/aromatic N) is 2. The zero-order chi connectivity index (χ0) is 15.2. The summed E-state index contributed by atoms with van der Waals surface area (Å²) in [5.74, 6) is 2.61. The van der Waals surface area contributed by atoms with Crippen molar-refractivity contribution < 1.29 is 9.53 Å². The standard InChI is InChI=1S/C18H26N2O2/c19-4-2-5-20(17(21)16-3-1-6-22-16)18-10-13-7-14(11-18)9-15(8-13)12-18/h13-16H,1-3,5-12H2/t13?,14?,15?,16-,18?/m0/s1. The molecule has 1 saturated heterocycles. The van der Waals surface area contributed by atoms with Crippen LogP contribution in [0.25, 0.3) is 0 Å². The van der Waals surface area contributed by atoms with E-state index >= 15 is 0 Å². The van der Waals surface area contributed by atoms with Gasteiger partial charge in [-0.15, -0.1) is 0 Å². The summed E-state index contributed by atoms with van der Waals surface area (Å²) < 4.78 is 5.66. The van der Waals surface area contributed by atoms with Crippen LogP contribution < -0.4 is 0 Å². The molecule has 22 heavy (non-hydrogen) atoms. The Morgan fingerprint density at radius 1 is 1.18 bits per heavy atom. The van der Waals surface area contributed by atoms with Crippen molar-refractivity contribution in [1.29, 1.82) is 5.26 Å². The van der Waals surface area contributed by atoms with Crippen LogP contribution in [0.4, 0.5) is 0 Å². The van der Waals surface area contributed by atoms with E-state index in [9.17, 15) is 4.79 Å². The number of carbonyl (C=O) groups excluding carboxylic acids is 1. The third-order valence-electron chi connectivity index (χ3n) is 6.50. The first-order valence-electron chi connectivity index (χ1n) is 9.00. The average molecular weight is 302 g/mol. The molecule has 4 saturated carbocycles. The Balaban J connectivity index is 1.59. The third kappa shape index (κ3) is 2.34. The molecule has 0 N–H and O–H groups in total. The maximum absolute atomic E-state index is 13.1. The highest BCUT2D eigenvalue weighted by molar-refractivity contribution is 5.82. The van der Waals surface area contributed by atoms with E-state index in [1.807, 2.05) is 0 Å². The lowest BCUT2D eigenvalue weighted by Gasteiger charge is -2.60. The van der Waals surface area contributed by atoms with Crippen molar-refractivity contribution >= 4 is 5.91 Å². The fourth-order valence-electron chi connectivity index (χ4n) is 6.08. The lowest BCUT2D eigenvalue weighted by atomic mass is 9.52. The molecule has 0 spiro atoms. The molecule has 5 rings (SSSR count). The van der Waals surface area contributed by atoms with Gasteiger partial charge >= 0.3 is 0 Å². The van der Waals surface area contributed by atoms with Crippen LogP contribution in [0.3, 0.4) is 0 Å². The highest BCUT2D eigenvalue weighted by Crippen LogP contribution is 2.58. The van der Waals surface area contributed by atoms with Gasteiger partial charge in [0, 0.05) is 18.7 Å². The monoisotopic (exact) mass is 302 g/mol. The molecule has 5 fully saturated rings. The topological polar surface area (TPSA) is 53.3 Å². The van der Waals surface area contributed by atoms with Crippen LogP contribution >= 0.6 is 0 Å². The quantitative estimate of drug-likeness (QED) is 0.802. The lowest BCUT2D eigenvalue weighted by molar-refractivity contribution is -0.160. The van der Waals surface area contributed by atoms with E-state index < -0.39 is 0 Å². The summed E-state index contributed by atoms with van der Waals surface area (Å²) in [7, 11) is 0. The number of rotatable bonds is 4. The fourth-order valence-corrected chi connectivity index (χ4v) is 6.08. The van der Waals surface area contributed by atoms with Crippen LogP contribution in [-0.2, 0) is 9.53 Å². The van der Waals surface area contributed by atoms with E-state index in [4.69, 9.17) is 10.00 Å². The molecule has 1 atom stereocenters. The second-order valence-electron chi connectivity index (χ2n) is 8.04. The van der Waals surface area contributed by atoms with E-state index in [-0.39, 0.29) is 17.6 Å². The third-order valence-corrected chi connectivity index (χ3v) is 6.50. The summed E-state index contributed by atoms with van der Waals surface area (Å²) in [5, 5.41) is 9.02. The Labute approximate surface area is 132 Å².